The molecule has 2 aromatic carbocycles. The van der Waals surface area contributed by atoms with Crippen molar-refractivity contribution < 1.29 is 33.4 Å². The van der Waals surface area contributed by atoms with E-state index in [0.717, 1.165) is 6.08 Å². The van der Waals surface area contributed by atoms with Crippen LogP contribution < -0.4 is 21.1 Å². The van der Waals surface area contributed by atoms with Gasteiger partial charge in [-0.3, -0.25) is 14.4 Å². The first kappa shape index (κ1) is 26.9. The first-order chi connectivity index (χ1) is 17.7. The van der Waals surface area contributed by atoms with Crippen molar-refractivity contribution >= 4 is 34.6 Å². The van der Waals surface area contributed by atoms with Gasteiger partial charge in [0.15, 0.2) is 0 Å². The summed E-state index contributed by atoms with van der Waals surface area (Å²) in [6.45, 7) is 0. The first-order valence-electron chi connectivity index (χ1n) is 11.4. The maximum absolute atomic E-state index is 13.4. The summed E-state index contributed by atoms with van der Waals surface area (Å²) in [5.74, 6) is -2.94. The Morgan fingerprint density at radius 3 is 2.51 bits per heavy atom. The van der Waals surface area contributed by atoms with Gasteiger partial charge in [0.1, 0.15) is 23.3 Å². The van der Waals surface area contributed by atoms with Crippen LogP contribution in [0.25, 0.3) is 10.9 Å². The van der Waals surface area contributed by atoms with Crippen LogP contribution in [0.3, 0.4) is 0 Å². The third-order valence-corrected chi connectivity index (χ3v) is 5.56. The molecule has 0 spiro atoms. The number of H-pyrrole nitrogens is 1. The number of halogens is 1. The van der Waals surface area contributed by atoms with Gasteiger partial charge in [-0.2, -0.15) is 0 Å². The van der Waals surface area contributed by atoms with Gasteiger partial charge >= 0.3 is 5.97 Å². The molecule has 3 aromatic rings. The third-order valence-electron chi connectivity index (χ3n) is 5.56. The van der Waals surface area contributed by atoms with E-state index in [0.29, 0.717) is 22.2 Å². The Kier molecular flexibility index (Phi) is 8.98. The Morgan fingerprint density at radius 2 is 1.86 bits per heavy atom. The molecule has 6 N–H and O–H groups in total. The van der Waals surface area contributed by atoms with Crippen LogP contribution in [0.2, 0.25) is 0 Å². The topological polar surface area (TPSA) is 164 Å². The second kappa shape index (κ2) is 12.3. The minimum absolute atomic E-state index is 0.0204. The van der Waals surface area contributed by atoms with Crippen molar-refractivity contribution in [3.8, 4) is 5.75 Å². The molecule has 0 aliphatic rings. The van der Waals surface area contributed by atoms with Crippen LogP contribution >= 0.6 is 0 Å². The minimum atomic E-state index is -1.23. The first-order valence-corrected chi connectivity index (χ1v) is 11.4. The van der Waals surface area contributed by atoms with Gasteiger partial charge < -0.3 is 31.2 Å². The molecule has 0 radical (unpaired) electrons. The highest BCUT2D eigenvalue weighted by Crippen LogP contribution is 2.26. The fraction of sp³-hybridized carbons (Fsp3) is 0.231. The lowest BCUT2D eigenvalue weighted by atomic mass is 10.0. The lowest BCUT2D eigenvalue weighted by molar-refractivity contribution is -0.131. The van der Waals surface area contributed by atoms with E-state index < -0.39 is 41.6 Å². The number of aliphatic carboxylic acids is 1. The summed E-state index contributed by atoms with van der Waals surface area (Å²) in [5.41, 5.74) is 6.62. The summed E-state index contributed by atoms with van der Waals surface area (Å²) in [4.78, 5) is 51.5. The average Bonchev–Trinajstić information content (AvgIpc) is 3.31. The Hall–Kier alpha value is -4.67. The number of carbonyl (C=O) groups excluding carboxylic acids is 3. The van der Waals surface area contributed by atoms with Gasteiger partial charge in [-0.1, -0.05) is 24.3 Å². The van der Waals surface area contributed by atoms with Gasteiger partial charge in [0.2, 0.25) is 11.8 Å². The molecule has 0 saturated carbocycles. The van der Waals surface area contributed by atoms with Crippen molar-refractivity contribution in [3.63, 3.8) is 0 Å². The molecule has 1 aromatic heterocycles. The normalized spacial score (nSPS) is 12.7. The van der Waals surface area contributed by atoms with Crippen LogP contribution in [0.4, 0.5) is 4.39 Å². The van der Waals surface area contributed by atoms with E-state index in [9.17, 15) is 23.6 Å². The van der Waals surface area contributed by atoms with E-state index in [2.05, 4.69) is 15.6 Å². The van der Waals surface area contributed by atoms with Crippen molar-refractivity contribution in [2.24, 2.45) is 5.73 Å². The Bertz CT molecular complexity index is 1320. The van der Waals surface area contributed by atoms with Crippen LogP contribution in [0.1, 0.15) is 28.9 Å². The van der Waals surface area contributed by atoms with Crippen LogP contribution in [-0.2, 0) is 20.8 Å². The average molecular weight is 511 g/mol. The predicted molar refractivity (Wildman–Crippen MR) is 133 cm³/mol. The van der Waals surface area contributed by atoms with Gasteiger partial charge in [-0.05, 0) is 42.3 Å². The number of primary amides is 1. The van der Waals surface area contributed by atoms with Crippen LogP contribution in [0.15, 0.2) is 60.7 Å². The Balaban J connectivity index is 1.85. The number of ether oxygens (including phenoxy) is 1. The molecular formula is C26H27FN4O6. The summed E-state index contributed by atoms with van der Waals surface area (Å²) in [6.07, 6.45) is 2.05. The van der Waals surface area contributed by atoms with Crippen molar-refractivity contribution in [1.29, 1.82) is 0 Å². The molecule has 1 heterocycles. The molecule has 0 aliphatic heterocycles. The van der Waals surface area contributed by atoms with E-state index in [1.165, 1.54) is 37.5 Å². The highest BCUT2D eigenvalue weighted by molar-refractivity contribution is 6.01. The maximum Gasteiger partial charge on any atom is 0.328 e. The summed E-state index contributed by atoms with van der Waals surface area (Å²) < 4.78 is 18.7. The van der Waals surface area contributed by atoms with Crippen molar-refractivity contribution in [3.05, 3.63) is 77.8 Å². The second-order valence-electron chi connectivity index (χ2n) is 8.28. The second-order valence-corrected chi connectivity index (χ2v) is 8.28. The smallest absolute Gasteiger partial charge is 0.328 e. The summed E-state index contributed by atoms with van der Waals surface area (Å²) in [6, 6.07) is 10.4. The molecule has 194 valence electrons. The Morgan fingerprint density at radius 1 is 1.14 bits per heavy atom. The van der Waals surface area contributed by atoms with E-state index in [-0.39, 0.29) is 25.0 Å². The molecule has 3 amide bonds. The summed E-state index contributed by atoms with van der Waals surface area (Å²) in [5, 5.41) is 15.0. The molecular weight excluding hydrogens is 483 g/mol. The van der Waals surface area contributed by atoms with Crippen molar-refractivity contribution in [2.45, 2.75) is 31.3 Å². The molecule has 0 bridgehead atoms. The number of carboxylic acid groups (broad SMARTS) is 1. The molecule has 37 heavy (non-hydrogen) atoms. The molecule has 0 saturated heterocycles. The quantitative estimate of drug-likeness (QED) is 0.234. The van der Waals surface area contributed by atoms with Gasteiger partial charge in [-0.15, -0.1) is 0 Å². The lowest BCUT2D eigenvalue weighted by Gasteiger charge is -2.22. The number of nitrogens with one attached hydrogen (secondary N) is 3. The summed E-state index contributed by atoms with van der Waals surface area (Å²) in [7, 11) is 1.51. The monoisotopic (exact) mass is 510 g/mol. The van der Waals surface area contributed by atoms with Gasteiger partial charge in [0.25, 0.3) is 5.91 Å². The molecule has 11 heteroatoms. The number of hydrogen-bond acceptors (Lipinski definition) is 5. The number of aromatic nitrogens is 1. The number of carbonyl (C=O) groups is 4. The number of rotatable bonds is 12. The SMILES string of the molecule is COc1cccc2[nH]c(C(=O)NC(Cc3ccc(F)cc3)C(=O)NC(C=CC(=O)O)CCC(N)=O)cc12. The number of carboxylic acids is 1. The molecule has 0 aliphatic carbocycles. The third kappa shape index (κ3) is 7.66. The van der Waals surface area contributed by atoms with E-state index >= 15 is 0 Å². The van der Waals surface area contributed by atoms with Crippen molar-refractivity contribution in [1.82, 2.24) is 15.6 Å². The number of benzene rings is 2. The van der Waals surface area contributed by atoms with Crippen LogP contribution in [0.5, 0.6) is 5.75 Å². The Labute approximate surface area is 211 Å². The van der Waals surface area contributed by atoms with Gasteiger partial charge in [0.05, 0.1) is 7.11 Å². The number of fused-ring (bicyclic) bond motifs is 1. The largest absolute Gasteiger partial charge is 0.496 e. The van der Waals surface area contributed by atoms with Gasteiger partial charge in [-0.25, -0.2) is 9.18 Å². The molecule has 3 rings (SSSR count). The number of hydrogen-bond donors (Lipinski definition) is 5. The molecule has 2 atom stereocenters. The van der Waals surface area contributed by atoms with Crippen molar-refractivity contribution in [2.75, 3.05) is 7.11 Å². The van der Waals surface area contributed by atoms with E-state index in [1.54, 1.807) is 24.3 Å². The minimum Gasteiger partial charge on any atom is -0.496 e. The summed E-state index contributed by atoms with van der Waals surface area (Å²) >= 11 is 0. The lowest BCUT2D eigenvalue weighted by Crippen LogP contribution is -2.50. The van der Waals surface area contributed by atoms with E-state index in [1.807, 2.05) is 0 Å². The van der Waals surface area contributed by atoms with E-state index in [4.69, 9.17) is 15.6 Å². The highest BCUT2D eigenvalue weighted by atomic mass is 19.1. The standard InChI is InChI=1S/C26H27FN4O6/c1-37-22-4-2-3-19-18(22)14-21(30-19)26(36)31-20(13-15-5-7-16(27)8-6-15)25(35)29-17(9-11-23(28)32)10-12-24(33)34/h2-8,10,12,14,17,20,30H,9,11,13H2,1H3,(H2,28,32)(H,29,35)(H,31,36)(H,33,34). The predicted octanol–water partition coefficient (Wildman–Crippen LogP) is 2.05. The molecule has 0 fully saturated rings. The fourth-order valence-electron chi connectivity index (χ4n) is 3.73. The molecule has 2 unspecified atom stereocenters. The highest BCUT2D eigenvalue weighted by Gasteiger charge is 2.25. The number of methoxy groups -OCH3 is 1. The zero-order valence-electron chi connectivity index (χ0n) is 20.0. The zero-order chi connectivity index (χ0) is 26.9. The van der Waals surface area contributed by atoms with Crippen LogP contribution in [-0.4, -0.2) is 53.0 Å². The maximum atomic E-state index is 13.4. The fourth-order valence-corrected chi connectivity index (χ4v) is 3.73. The number of aromatic amines is 1. The van der Waals surface area contributed by atoms with Crippen LogP contribution in [0, 0.1) is 5.82 Å². The zero-order valence-corrected chi connectivity index (χ0v) is 20.0. The van der Waals surface area contributed by atoms with Gasteiger partial charge in [0, 0.05) is 35.9 Å². The number of nitrogens with two attached hydrogens (primary N) is 1. The number of amides is 3. The molecule has 10 nitrogen and oxygen atoms in total.